The molecule has 8 nitrogen and oxygen atoms in total. The second-order valence-electron chi connectivity index (χ2n) is 7.28. The summed E-state index contributed by atoms with van der Waals surface area (Å²) in [4.78, 5) is 28.4. The first kappa shape index (κ1) is 23.5. The van der Waals surface area contributed by atoms with Crippen LogP contribution in [0.25, 0.3) is 5.69 Å². The molecule has 0 saturated heterocycles. The lowest BCUT2D eigenvalue weighted by Crippen LogP contribution is -2.20. The largest absolute Gasteiger partial charge is 0.484 e. The molecular weight excluding hydrogens is 463 g/mol. The van der Waals surface area contributed by atoms with E-state index in [9.17, 15) is 22.8 Å². The second kappa shape index (κ2) is 10.1. The Morgan fingerprint density at radius 3 is 2.31 bits per heavy atom. The van der Waals surface area contributed by atoms with E-state index in [1.54, 1.807) is 35.3 Å². The molecule has 11 heteroatoms. The van der Waals surface area contributed by atoms with Gasteiger partial charge >= 0.3 is 6.18 Å². The number of halogens is 3. The van der Waals surface area contributed by atoms with Gasteiger partial charge in [0.05, 0.1) is 11.3 Å². The number of amides is 2. The molecule has 0 aliphatic carbocycles. The van der Waals surface area contributed by atoms with Crippen LogP contribution in [-0.4, -0.2) is 33.2 Å². The molecule has 0 radical (unpaired) electrons. The van der Waals surface area contributed by atoms with Gasteiger partial charge < -0.3 is 15.4 Å². The van der Waals surface area contributed by atoms with E-state index in [2.05, 4.69) is 20.7 Å². The van der Waals surface area contributed by atoms with Crippen LogP contribution in [0.2, 0.25) is 0 Å². The van der Waals surface area contributed by atoms with Crippen molar-refractivity contribution < 1.29 is 27.5 Å². The van der Waals surface area contributed by atoms with Gasteiger partial charge in [0.15, 0.2) is 6.61 Å². The summed E-state index contributed by atoms with van der Waals surface area (Å²) in [5.74, 6) is -0.647. The van der Waals surface area contributed by atoms with E-state index in [0.29, 0.717) is 17.0 Å². The van der Waals surface area contributed by atoms with Gasteiger partial charge in [-0.05, 0) is 66.7 Å². The van der Waals surface area contributed by atoms with Crippen LogP contribution in [-0.2, 0) is 11.0 Å². The van der Waals surface area contributed by atoms with E-state index in [1.165, 1.54) is 42.7 Å². The number of carbonyl (C=O) groups excluding carboxylic acids is 2. The third-order valence-electron chi connectivity index (χ3n) is 4.77. The van der Waals surface area contributed by atoms with E-state index < -0.39 is 24.3 Å². The predicted octanol–water partition coefficient (Wildman–Crippen LogP) is 4.56. The number of carbonyl (C=O) groups is 2. The van der Waals surface area contributed by atoms with E-state index in [1.807, 2.05) is 0 Å². The molecule has 0 unspecified atom stereocenters. The third kappa shape index (κ3) is 6.22. The van der Waals surface area contributed by atoms with Crippen LogP contribution in [0.15, 0.2) is 85.5 Å². The minimum atomic E-state index is -4.51. The third-order valence-corrected chi connectivity index (χ3v) is 4.77. The molecule has 0 fully saturated rings. The highest BCUT2D eigenvalue weighted by Crippen LogP contribution is 2.30. The number of benzene rings is 3. The average Bonchev–Trinajstić information content (AvgIpc) is 3.38. The molecule has 0 bridgehead atoms. The van der Waals surface area contributed by atoms with E-state index in [-0.39, 0.29) is 11.6 Å². The summed E-state index contributed by atoms with van der Waals surface area (Å²) < 4.78 is 45.3. The maximum atomic E-state index is 12.8. The summed E-state index contributed by atoms with van der Waals surface area (Å²) in [5.41, 5.74) is 0.890. The fourth-order valence-electron chi connectivity index (χ4n) is 3.06. The Labute approximate surface area is 197 Å². The van der Waals surface area contributed by atoms with Crippen molar-refractivity contribution in [3.05, 3.63) is 96.6 Å². The maximum absolute atomic E-state index is 12.8. The quantitative estimate of drug-likeness (QED) is 0.404. The van der Waals surface area contributed by atoms with Gasteiger partial charge in [0, 0.05) is 16.9 Å². The van der Waals surface area contributed by atoms with Crippen LogP contribution < -0.4 is 15.4 Å². The zero-order valence-corrected chi connectivity index (χ0v) is 18.0. The van der Waals surface area contributed by atoms with Crippen LogP contribution in [0.3, 0.4) is 0 Å². The zero-order valence-electron chi connectivity index (χ0n) is 18.0. The molecule has 178 valence electrons. The van der Waals surface area contributed by atoms with Crippen molar-refractivity contribution in [2.75, 3.05) is 17.2 Å². The summed E-state index contributed by atoms with van der Waals surface area (Å²) in [7, 11) is 0. The van der Waals surface area contributed by atoms with Crippen LogP contribution in [0.4, 0.5) is 24.5 Å². The van der Waals surface area contributed by atoms with Gasteiger partial charge in [0.25, 0.3) is 11.8 Å². The number of ether oxygens (including phenoxy) is 1. The monoisotopic (exact) mass is 481 g/mol. The molecule has 35 heavy (non-hydrogen) atoms. The number of hydrogen-bond donors (Lipinski definition) is 2. The molecular formula is C24H18F3N5O3. The molecule has 0 atom stereocenters. The fourth-order valence-corrected chi connectivity index (χ4v) is 3.06. The number of rotatable bonds is 7. The Hall–Kier alpha value is -4.67. The Bertz CT molecular complexity index is 1310. The van der Waals surface area contributed by atoms with Crippen LogP contribution in [0, 0.1) is 0 Å². The summed E-state index contributed by atoms with van der Waals surface area (Å²) in [5, 5.41) is 9.16. The van der Waals surface area contributed by atoms with Gasteiger partial charge in [-0.15, -0.1) is 0 Å². The second-order valence-corrected chi connectivity index (χ2v) is 7.28. The SMILES string of the molecule is O=C(COc1ccc(C(=O)Nc2ccc(-n3cncn3)cc2)cc1)Nc1cccc(C(F)(F)F)c1. The first-order valence-electron chi connectivity index (χ1n) is 10.2. The number of alkyl halides is 3. The van der Waals surface area contributed by atoms with Gasteiger partial charge in [-0.3, -0.25) is 9.59 Å². The number of anilines is 2. The van der Waals surface area contributed by atoms with Crippen LogP contribution >= 0.6 is 0 Å². The molecule has 2 N–H and O–H groups in total. The lowest BCUT2D eigenvalue weighted by molar-refractivity contribution is -0.137. The lowest BCUT2D eigenvalue weighted by Gasteiger charge is -2.11. The summed E-state index contributed by atoms with van der Waals surface area (Å²) in [6, 6.07) is 17.4. The van der Waals surface area contributed by atoms with Crippen molar-refractivity contribution in [3.8, 4) is 11.4 Å². The van der Waals surface area contributed by atoms with E-state index in [0.717, 1.165) is 17.8 Å². The van der Waals surface area contributed by atoms with E-state index >= 15 is 0 Å². The van der Waals surface area contributed by atoms with Gasteiger partial charge in [0.2, 0.25) is 0 Å². The van der Waals surface area contributed by atoms with Gasteiger partial charge in [0.1, 0.15) is 18.4 Å². The van der Waals surface area contributed by atoms with Gasteiger partial charge in [-0.2, -0.15) is 18.3 Å². The van der Waals surface area contributed by atoms with Crippen LogP contribution in [0.1, 0.15) is 15.9 Å². The Morgan fingerprint density at radius 2 is 1.66 bits per heavy atom. The van der Waals surface area contributed by atoms with Crippen molar-refractivity contribution in [1.82, 2.24) is 14.8 Å². The summed E-state index contributed by atoms with van der Waals surface area (Å²) in [6.07, 6.45) is -1.52. The number of nitrogens with one attached hydrogen (secondary N) is 2. The smallest absolute Gasteiger partial charge is 0.416 e. The zero-order chi connectivity index (χ0) is 24.8. The first-order valence-corrected chi connectivity index (χ1v) is 10.2. The minimum absolute atomic E-state index is 0.00904. The normalized spacial score (nSPS) is 11.1. The standard InChI is InChI=1S/C24H18F3N5O3/c25-24(26,27)17-2-1-3-19(12-17)30-22(33)13-35-21-10-4-16(5-11-21)23(34)31-18-6-8-20(9-7-18)32-15-28-14-29-32/h1-12,14-15H,13H2,(H,30,33)(H,31,34). The van der Waals surface area contributed by atoms with Gasteiger partial charge in [-0.1, -0.05) is 6.07 Å². The molecule has 0 aliphatic rings. The topological polar surface area (TPSA) is 98.1 Å². The predicted molar refractivity (Wildman–Crippen MR) is 121 cm³/mol. The molecule has 4 aromatic rings. The average molecular weight is 481 g/mol. The van der Waals surface area contributed by atoms with Crippen molar-refractivity contribution in [3.63, 3.8) is 0 Å². The molecule has 2 amide bonds. The van der Waals surface area contributed by atoms with Crippen molar-refractivity contribution in [2.24, 2.45) is 0 Å². The fraction of sp³-hybridized carbons (Fsp3) is 0.0833. The van der Waals surface area contributed by atoms with E-state index in [4.69, 9.17) is 4.74 Å². The molecule has 0 saturated carbocycles. The molecule has 1 heterocycles. The lowest BCUT2D eigenvalue weighted by atomic mass is 10.2. The van der Waals surface area contributed by atoms with Crippen molar-refractivity contribution >= 4 is 23.2 Å². The highest BCUT2D eigenvalue weighted by Gasteiger charge is 2.30. The van der Waals surface area contributed by atoms with Crippen molar-refractivity contribution in [1.29, 1.82) is 0 Å². The number of nitrogens with zero attached hydrogens (tertiary/aromatic N) is 3. The van der Waals surface area contributed by atoms with Crippen LogP contribution in [0.5, 0.6) is 5.75 Å². The minimum Gasteiger partial charge on any atom is -0.484 e. The number of aromatic nitrogens is 3. The molecule has 0 aliphatic heterocycles. The van der Waals surface area contributed by atoms with Crippen molar-refractivity contribution in [2.45, 2.75) is 6.18 Å². The summed E-state index contributed by atoms with van der Waals surface area (Å²) >= 11 is 0. The highest BCUT2D eigenvalue weighted by molar-refractivity contribution is 6.04. The number of hydrogen-bond acceptors (Lipinski definition) is 5. The highest BCUT2D eigenvalue weighted by atomic mass is 19.4. The Morgan fingerprint density at radius 1 is 0.914 bits per heavy atom. The Balaban J connectivity index is 1.28. The molecule has 1 aromatic heterocycles. The maximum Gasteiger partial charge on any atom is 0.416 e. The first-order chi connectivity index (χ1) is 16.8. The summed E-state index contributed by atoms with van der Waals surface area (Å²) in [6.45, 7) is -0.417. The molecule has 3 aromatic carbocycles. The van der Waals surface area contributed by atoms with Gasteiger partial charge in [-0.25, -0.2) is 9.67 Å². The Kier molecular flexibility index (Phi) is 6.76. The molecule has 4 rings (SSSR count). The molecule has 0 spiro atoms.